The van der Waals surface area contributed by atoms with Crippen LogP contribution in [0.2, 0.25) is 5.28 Å². The molecule has 0 radical (unpaired) electrons. The van der Waals surface area contributed by atoms with Gasteiger partial charge < -0.3 is 16.0 Å². The first-order valence-corrected chi connectivity index (χ1v) is 12.0. The van der Waals surface area contributed by atoms with Crippen LogP contribution in [-0.2, 0) is 23.1 Å². The van der Waals surface area contributed by atoms with Crippen molar-refractivity contribution in [1.29, 1.82) is 0 Å². The van der Waals surface area contributed by atoms with E-state index in [-0.39, 0.29) is 46.7 Å². The summed E-state index contributed by atoms with van der Waals surface area (Å²) in [4.78, 5) is 27.0. The number of nitrogens with two attached hydrogens (primary N) is 1. The van der Waals surface area contributed by atoms with Gasteiger partial charge in [0.2, 0.25) is 23.1 Å². The summed E-state index contributed by atoms with van der Waals surface area (Å²) in [6, 6.07) is 9.49. The fourth-order valence-electron chi connectivity index (χ4n) is 4.31. The highest BCUT2D eigenvalue weighted by Crippen LogP contribution is 2.43. The molecule has 4 rings (SSSR count). The number of halogens is 6. The Morgan fingerprint density at radius 3 is 2.64 bits per heavy atom. The summed E-state index contributed by atoms with van der Waals surface area (Å²) in [6.07, 6.45) is -3.35. The molecule has 1 aliphatic heterocycles. The van der Waals surface area contributed by atoms with Crippen molar-refractivity contribution < 1.29 is 22.4 Å². The molecule has 3 N–H and O–H groups in total. The molecule has 1 saturated heterocycles. The highest BCUT2D eigenvalue weighted by atomic mass is 79.9. The van der Waals surface area contributed by atoms with Crippen LogP contribution >= 0.6 is 27.5 Å². The number of nitrogens with zero attached hydrogens (tertiary/aromatic N) is 4. The lowest BCUT2D eigenvalue weighted by molar-refractivity contribution is -0.138. The van der Waals surface area contributed by atoms with E-state index in [1.165, 1.54) is 29.2 Å². The second kappa shape index (κ2) is 10.2. The average Bonchev–Trinajstić information content (AvgIpc) is 2.82. The zero-order valence-electron chi connectivity index (χ0n) is 18.6. The standard InChI is InChI=1S/C23H20BrClF4N6O/c24-17-7-6-14(11-16(17)23(27,28)29)22(18(30)36)8-1-2-9-35(22)21-33-19(25)32-20(34-21)31-12-13-4-3-5-15(26)10-13/h3-7,10-11H,1-2,8-9,12H2,(H2,30,36)(H,31,32,33,34). The highest BCUT2D eigenvalue weighted by Gasteiger charge is 2.48. The SMILES string of the molecule is NC(=O)C1(c2ccc(Br)c(C(F)(F)F)c2)CCCCN1c1nc(Cl)nc(NCc2cccc(F)c2)n1. The van der Waals surface area contributed by atoms with Crippen molar-refractivity contribution in [2.24, 2.45) is 5.73 Å². The van der Waals surface area contributed by atoms with E-state index in [2.05, 4.69) is 36.2 Å². The number of benzene rings is 2. The first kappa shape index (κ1) is 26.1. The van der Waals surface area contributed by atoms with Gasteiger partial charge in [-0.1, -0.05) is 34.1 Å². The molecule has 3 aromatic rings. The molecule has 0 bridgehead atoms. The number of nitrogens with one attached hydrogen (secondary N) is 1. The van der Waals surface area contributed by atoms with E-state index >= 15 is 0 Å². The van der Waals surface area contributed by atoms with Gasteiger partial charge in [-0.25, -0.2) is 4.39 Å². The van der Waals surface area contributed by atoms with Gasteiger partial charge >= 0.3 is 6.18 Å². The van der Waals surface area contributed by atoms with E-state index in [9.17, 15) is 22.4 Å². The maximum Gasteiger partial charge on any atom is 0.417 e. The molecule has 190 valence electrons. The molecule has 2 aromatic carbocycles. The van der Waals surface area contributed by atoms with Crippen LogP contribution in [0.15, 0.2) is 46.9 Å². The van der Waals surface area contributed by atoms with E-state index < -0.39 is 29.0 Å². The van der Waals surface area contributed by atoms with Crippen molar-refractivity contribution in [3.8, 4) is 0 Å². The fourth-order valence-corrected chi connectivity index (χ4v) is 4.94. The number of amides is 1. The maximum atomic E-state index is 13.7. The van der Waals surface area contributed by atoms with Gasteiger partial charge in [0.15, 0.2) is 0 Å². The molecule has 1 atom stereocenters. The molecule has 1 fully saturated rings. The molecule has 1 aromatic heterocycles. The molecule has 2 heterocycles. The van der Waals surface area contributed by atoms with E-state index in [1.54, 1.807) is 12.1 Å². The number of carbonyl (C=O) groups is 1. The average molecular weight is 588 g/mol. The largest absolute Gasteiger partial charge is 0.417 e. The van der Waals surface area contributed by atoms with Crippen LogP contribution in [0.25, 0.3) is 0 Å². The van der Waals surface area contributed by atoms with Crippen molar-refractivity contribution in [2.45, 2.75) is 37.5 Å². The number of rotatable bonds is 6. The topological polar surface area (TPSA) is 97.0 Å². The summed E-state index contributed by atoms with van der Waals surface area (Å²) in [6.45, 7) is 0.407. The Hall–Kier alpha value is -2.99. The molecule has 1 aliphatic rings. The number of aromatic nitrogens is 3. The van der Waals surface area contributed by atoms with Gasteiger partial charge in [-0.2, -0.15) is 28.1 Å². The van der Waals surface area contributed by atoms with Crippen LogP contribution in [0.4, 0.5) is 29.5 Å². The monoisotopic (exact) mass is 586 g/mol. The Morgan fingerprint density at radius 2 is 1.94 bits per heavy atom. The molecule has 1 unspecified atom stereocenters. The molecule has 0 spiro atoms. The summed E-state index contributed by atoms with van der Waals surface area (Å²) in [5.74, 6) is -1.23. The Balaban J connectivity index is 1.75. The third-order valence-electron chi connectivity index (χ3n) is 5.97. The van der Waals surface area contributed by atoms with Gasteiger partial charge in [-0.05, 0) is 66.3 Å². The van der Waals surface area contributed by atoms with Gasteiger partial charge in [-0.3, -0.25) is 4.79 Å². The van der Waals surface area contributed by atoms with Crippen LogP contribution < -0.4 is 16.0 Å². The fraction of sp³-hybridized carbons (Fsp3) is 0.304. The first-order valence-electron chi connectivity index (χ1n) is 10.9. The van der Waals surface area contributed by atoms with Crippen molar-refractivity contribution in [1.82, 2.24) is 15.0 Å². The first-order chi connectivity index (χ1) is 17.0. The molecule has 0 saturated carbocycles. The number of hydrogen-bond donors (Lipinski definition) is 2. The Bertz CT molecular complexity index is 1290. The molecular weight excluding hydrogens is 568 g/mol. The Labute approximate surface area is 217 Å². The molecular formula is C23H20BrClF4N6O. The zero-order valence-corrected chi connectivity index (χ0v) is 21.0. The summed E-state index contributed by atoms with van der Waals surface area (Å²) in [7, 11) is 0. The molecule has 0 aliphatic carbocycles. The summed E-state index contributed by atoms with van der Waals surface area (Å²) in [5, 5.41) is 2.73. The lowest BCUT2D eigenvalue weighted by Gasteiger charge is -2.45. The second-order valence-electron chi connectivity index (χ2n) is 8.24. The van der Waals surface area contributed by atoms with Crippen LogP contribution in [0.5, 0.6) is 0 Å². The highest BCUT2D eigenvalue weighted by molar-refractivity contribution is 9.10. The number of hydrogen-bond acceptors (Lipinski definition) is 6. The van der Waals surface area contributed by atoms with E-state index in [4.69, 9.17) is 17.3 Å². The number of carbonyl (C=O) groups excluding carboxylic acids is 1. The number of anilines is 2. The third-order valence-corrected chi connectivity index (χ3v) is 6.83. The number of piperidine rings is 1. The minimum atomic E-state index is -4.66. The van der Waals surface area contributed by atoms with Gasteiger partial charge in [0.05, 0.1) is 5.56 Å². The Morgan fingerprint density at radius 1 is 1.17 bits per heavy atom. The smallest absolute Gasteiger partial charge is 0.367 e. The van der Waals surface area contributed by atoms with Gasteiger partial charge in [0.25, 0.3) is 0 Å². The molecule has 7 nitrogen and oxygen atoms in total. The minimum Gasteiger partial charge on any atom is -0.367 e. The number of primary amides is 1. The van der Waals surface area contributed by atoms with Gasteiger partial charge in [0, 0.05) is 17.6 Å². The predicted molar refractivity (Wildman–Crippen MR) is 130 cm³/mol. The summed E-state index contributed by atoms with van der Waals surface area (Å²) in [5.41, 5.74) is 3.96. The molecule has 13 heteroatoms. The van der Waals surface area contributed by atoms with Crippen LogP contribution in [0.1, 0.15) is 36.0 Å². The minimum absolute atomic E-state index is 0.0216. The lowest BCUT2D eigenvalue weighted by Crippen LogP contribution is -2.58. The third kappa shape index (κ3) is 5.24. The van der Waals surface area contributed by atoms with E-state index in [1.807, 2.05) is 0 Å². The van der Waals surface area contributed by atoms with E-state index in [0.717, 1.165) is 6.07 Å². The van der Waals surface area contributed by atoms with Crippen molar-refractivity contribution in [3.63, 3.8) is 0 Å². The quantitative estimate of drug-likeness (QED) is 0.374. The molecule has 36 heavy (non-hydrogen) atoms. The Kier molecular flexibility index (Phi) is 7.37. The lowest BCUT2D eigenvalue weighted by atomic mass is 9.79. The van der Waals surface area contributed by atoms with Crippen molar-refractivity contribution in [3.05, 3.63) is 74.7 Å². The normalized spacial score (nSPS) is 18.2. The van der Waals surface area contributed by atoms with Crippen LogP contribution in [0, 0.1) is 5.82 Å². The van der Waals surface area contributed by atoms with Crippen molar-refractivity contribution in [2.75, 3.05) is 16.8 Å². The maximum absolute atomic E-state index is 13.7. The summed E-state index contributed by atoms with van der Waals surface area (Å²) >= 11 is 9.07. The zero-order chi connectivity index (χ0) is 26.1. The predicted octanol–water partition coefficient (Wildman–Crippen LogP) is 5.43. The second-order valence-corrected chi connectivity index (χ2v) is 9.43. The van der Waals surface area contributed by atoms with Crippen LogP contribution in [0.3, 0.4) is 0 Å². The van der Waals surface area contributed by atoms with Gasteiger partial charge in [0.1, 0.15) is 11.4 Å². The molecule has 1 amide bonds. The van der Waals surface area contributed by atoms with E-state index in [0.29, 0.717) is 18.4 Å². The summed E-state index contributed by atoms with van der Waals surface area (Å²) < 4.78 is 54.3. The van der Waals surface area contributed by atoms with Gasteiger partial charge in [-0.15, -0.1) is 0 Å². The van der Waals surface area contributed by atoms with Crippen molar-refractivity contribution >= 4 is 45.3 Å². The number of alkyl halides is 3. The van der Waals surface area contributed by atoms with Crippen LogP contribution in [-0.4, -0.2) is 27.4 Å².